The molecule has 236 valence electrons. The monoisotopic (exact) mass is 633 g/mol. The van der Waals surface area contributed by atoms with Crippen molar-refractivity contribution in [3.05, 3.63) is 71.8 Å². The van der Waals surface area contributed by atoms with Crippen LogP contribution in [0.5, 0.6) is 11.6 Å². The highest BCUT2D eigenvalue weighted by atomic mass is 32.2. The van der Waals surface area contributed by atoms with Gasteiger partial charge in [-0.15, -0.1) is 0 Å². The van der Waals surface area contributed by atoms with Gasteiger partial charge in [0.2, 0.25) is 21.8 Å². The highest BCUT2D eigenvalue weighted by Crippen LogP contribution is 2.60. The maximum atomic E-state index is 15.7. The van der Waals surface area contributed by atoms with E-state index in [4.69, 9.17) is 9.47 Å². The van der Waals surface area contributed by atoms with Gasteiger partial charge in [-0.3, -0.25) is 14.5 Å². The van der Waals surface area contributed by atoms with Crippen molar-refractivity contribution in [3.63, 3.8) is 0 Å². The Morgan fingerprint density at radius 3 is 2.51 bits per heavy atom. The van der Waals surface area contributed by atoms with Gasteiger partial charge in [-0.05, 0) is 48.6 Å². The molecule has 45 heavy (non-hydrogen) atoms. The van der Waals surface area contributed by atoms with Crippen molar-refractivity contribution in [1.29, 1.82) is 0 Å². The van der Waals surface area contributed by atoms with Crippen LogP contribution in [-0.4, -0.2) is 63.9 Å². The fourth-order valence-corrected chi connectivity index (χ4v) is 7.02. The second kappa shape index (κ2) is 11.6. The number of likely N-dealkylation sites (N-methyl/N-ethyl adjacent to an activating group) is 1. The van der Waals surface area contributed by atoms with Crippen LogP contribution in [0.25, 0.3) is 22.0 Å². The number of pyridine rings is 2. The summed E-state index contributed by atoms with van der Waals surface area (Å²) in [7, 11) is -0.317. The van der Waals surface area contributed by atoms with E-state index in [1.807, 2.05) is 38.1 Å². The van der Waals surface area contributed by atoms with Crippen molar-refractivity contribution in [2.45, 2.75) is 44.1 Å². The second-order valence-corrected chi connectivity index (χ2v) is 13.8. The Balaban J connectivity index is 1.39. The molecule has 0 unspecified atom stereocenters. The SMILES string of the molecule is COc1ccc([C@H]2C[C@@]3(C2)C(=O)N(C)c2cnc4cc(F)c(-c5cnc(OCCNC(C)C)c(NS(C)(=O)=O)c5)cc4c23)cc1. The van der Waals surface area contributed by atoms with Crippen LogP contribution < -0.4 is 24.4 Å². The summed E-state index contributed by atoms with van der Waals surface area (Å²) < 4.78 is 53.6. The van der Waals surface area contributed by atoms with Crippen LogP contribution in [0.15, 0.2) is 54.9 Å². The number of sulfonamides is 1. The highest BCUT2D eigenvalue weighted by molar-refractivity contribution is 7.92. The van der Waals surface area contributed by atoms with Crippen molar-refractivity contribution in [1.82, 2.24) is 15.3 Å². The van der Waals surface area contributed by atoms with Crippen LogP contribution in [0.4, 0.5) is 15.8 Å². The molecule has 1 aliphatic carbocycles. The van der Waals surface area contributed by atoms with Crippen molar-refractivity contribution in [2.75, 3.05) is 43.2 Å². The van der Waals surface area contributed by atoms with Crippen molar-refractivity contribution in [2.24, 2.45) is 0 Å². The molecule has 1 saturated carbocycles. The summed E-state index contributed by atoms with van der Waals surface area (Å²) in [4.78, 5) is 24.3. The minimum absolute atomic E-state index is 0.00259. The number of anilines is 2. The van der Waals surface area contributed by atoms with E-state index in [1.165, 1.54) is 18.3 Å². The van der Waals surface area contributed by atoms with E-state index in [1.54, 1.807) is 31.3 Å². The Labute approximate surface area is 262 Å². The van der Waals surface area contributed by atoms with E-state index in [0.29, 0.717) is 41.5 Å². The standard InChI is InChI=1S/C33H36FN5O5S/c1-19(2)35-10-11-44-31-28(38-45(5,41)42)12-21(17-37-31)24-13-25-27(14-26(24)34)36-18-29-30(25)33(32(40)39(29)3)15-22(16-33)20-6-8-23(43-4)9-7-20/h6-9,12-14,17-19,22,35,38H,10-11,15-16H2,1-5H3/t22-,33-. The Hall–Kier alpha value is -4.29. The van der Waals surface area contributed by atoms with Crippen molar-refractivity contribution < 1.29 is 27.1 Å². The molecular weight excluding hydrogens is 597 g/mol. The second-order valence-electron chi connectivity index (χ2n) is 12.1. The molecule has 1 amide bonds. The van der Waals surface area contributed by atoms with Crippen LogP contribution >= 0.6 is 0 Å². The molecule has 6 rings (SSSR count). The summed E-state index contributed by atoms with van der Waals surface area (Å²) in [5.74, 6) is 0.488. The third-order valence-corrected chi connectivity index (χ3v) is 9.21. The molecule has 2 aromatic heterocycles. The summed E-state index contributed by atoms with van der Waals surface area (Å²) in [6.45, 7) is 4.80. The molecule has 2 N–H and O–H groups in total. The third kappa shape index (κ3) is 5.68. The van der Waals surface area contributed by atoms with Gasteiger partial charge >= 0.3 is 0 Å². The lowest BCUT2D eigenvalue weighted by atomic mass is 9.57. The first-order valence-electron chi connectivity index (χ1n) is 14.8. The molecule has 10 nitrogen and oxygen atoms in total. The van der Waals surface area contributed by atoms with Gasteiger partial charge in [0, 0.05) is 54.0 Å². The van der Waals surface area contributed by atoms with Gasteiger partial charge in [0.15, 0.2) is 0 Å². The van der Waals surface area contributed by atoms with E-state index < -0.39 is 21.3 Å². The average Bonchev–Trinajstić information content (AvgIpc) is 3.20. The predicted octanol–water partition coefficient (Wildman–Crippen LogP) is 4.98. The zero-order chi connectivity index (χ0) is 32.1. The zero-order valence-corrected chi connectivity index (χ0v) is 26.7. The summed E-state index contributed by atoms with van der Waals surface area (Å²) >= 11 is 0. The maximum absolute atomic E-state index is 15.7. The quantitative estimate of drug-likeness (QED) is 0.235. The lowest BCUT2D eigenvalue weighted by Crippen LogP contribution is -2.47. The van der Waals surface area contributed by atoms with Crippen LogP contribution in [0.3, 0.4) is 0 Å². The van der Waals surface area contributed by atoms with Crippen LogP contribution in [0.2, 0.25) is 0 Å². The van der Waals surface area contributed by atoms with Gasteiger partial charge in [-0.25, -0.2) is 17.8 Å². The molecule has 0 bridgehead atoms. The predicted molar refractivity (Wildman–Crippen MR) is 172 cm³/mol. The molecule has 3 heterocycles. The maximum Gasteiger partial charge on any atom is 0.238 e. The zero-order valence-electron chi connectivity index (χ0n) is 25.8. The number of carbonyl (C=O) groups excluding carboxylic acids is 1. The number of rotatable bonds is 10. The summed E-state index contributed by atoms with van der Waals surface area (Å²) in [6.07, 6.45) is 5.35. The number of hydrogen-bond acceptors (Lipinski definition) is 8. The van der Waals surface area contributed by atoms with E-state index in [0.717, 1.165) is 23.1 Å². The number of benzene rings is 2. The van der Waals surface area contributed by atoms with Crippen molar-refractivity contribution in [3.8, 4) is 22.8 Å². The number of carbonyl (C=O) groups is 1. The van der Waals surface area contributed by atoms with Crippen LogP contribution in [0.1, 0.15) is 43.7 Å². The molecular formula is C33H36FN5O5S. The topological polar surface area (TPSA) is 123 Å². The summed E-state index contributed by atoms with van der Waals surface area (Å²) in [5, 5.41) is 3.90. The van der Waals surface area contributed by atoms with Gasteiger partial charge in [0.25, 0.3) is 0 Å². The molecule has 4 aromatic rings. The minimum Gasteiger partial charge on any atom is -0.497 e. The number of nitrogens with one attached hydrogen (secondary N) is 2. The Morgan fingerprint density at radius 2 is 1.84 bits per heavy atom. The van der Waals surface area contributed by atoms with Crippen LogP contribution in [0, 0.1) is 5.82 Å². The van der Waals surface area contributed by atoms with E-state index in [-0.39, 0.29) is 41.6 Å². The first kappa shape index (κ1) is 30.7. The van der Waals surface area contributed by atoms with Crippen LogP contribution in [-0.2, 0) is 20.2 Å². The fourth-order valence-electron chi connectivity index (χ4n) is 6.47. The highest BCUT2D eigenvalue weighted by Gasteiger charge is 2.58. The lowest BCUT2D eigenvalue weighted by Gasteiger charge is -2.44. The Kier molecular flexibility index (Phi) is 7.90. The minimum atomic E-state index is -3.69. The van der Waals surface area contributed by atoms with Crippen molar-refractivity contribution >= 4 is 38.2 Å². The molecule has 2 aliphatic rings. The molecule has 1 spiro atoms. The molecule has 1 fully saturated rings. The first-order chi connectivity index (χ1) is 21.4. The number of aromatic nitrogens is 2. The smallest absolute Gasteiger partial charge is 0.238 e. The van der Waals surface area contributed by atoms with Gasteiger partial charge in [0.05, 0.1) is 36.2 Å². The number of ether oxygens (including phenoxy) is 2. The number of nitrogens with zero attached hydrogens (tertiary/aromatic N) is 3. The van der Waals surface area contributed by atoms with E-state index in [9.17, 15) is 13.2 Å². The Bertz CT molecular complexity index is 1890. The number of methoxy groups -OCH3 is 1. The number of fused-ring (bicyclic) bond motifs is 4. The summed E-state index contributed by atoms with van der Waals surface area (Å²) in [5.41, 5.74) is 3.01. The van der Waals surface area contributed by atoms with Gasteiger partial charge in [0.1, 0.15) is 23.9 Å². The molecule has 1 aliphatic heterocycles. The summed E-state index contributed by atoms with van der Waals surface area (Å²) in [6, 6.07) is 12.7. The molecule has 0 saturated heterocycles. The largest absolute Gasteiger partial charge is 0.497 e. The lowest BCUT2D eigenvalue weighted by molar-refractivity contribution is -0.126. The average molecular weight is 634 g/mol. The third-order valence-electron chi connectivity index (χ3n) is 8.62. The van der Waals surface area contributed by atoms with Gasteiger partial charge in [-0.2, -0.15) is 0 Å². The fraction of sp³-hybridized carbons (Fsp3) is 0.364. The molecule has 0 atom stereocenters. The Morgan fingerprint density at radius 1 is 1.11 bits per heavy atom. The van der Waals surface area contributed by atoms with Gasteiger partial charge < -0.3 is 19.7 Å². The van der Waals surface area contributed by atoms with E-state index >= 15 is 4.39 Å². The normalized spacial score (nSPS) is 19.2. The number of halogens is 1. The van der Waals surface area contributed by atoms with Gasteiger partial charge in [-0.1, -0.05) is 26.0 Å². The van der Waals surface area contributed by atoms with E-state index in [2.05, 4.69) is 20.0 Å². The number of hydrogen-bond donors (Lipinski definition) is 2. The first-order valence-corrected chi connectivity index (χ1v) is 16.7. The number of amides is 1. The molecule has 0 radical (unpaired) electrons. The molecule has 2 aromatic carbocycles. The molecule has 12 heteroatoms.